The first-order valence-electron chi connectivity index (χ1n) is 10.9. The quantitative estimate of drug-likeness (QED) is 0.487. The van der Waals surface area contributed by atoms with Gasteiger partial charge in [-0.15, -0.1) is 0 Å². The normalized spacial score (nSPS) is 16.3. The summed E-state index contributed by atoms with van der Waals surface area (Å²) in [6, 6.07) is 20.2. The standard InChI is InChI=1S/C26H21BrN2O5/c27-21-13-15(24(30)29-12-11-23(29)25(31)32)9-10-22(21)28-26(33)34-14-20-18-7-3-1-5-16(18)17-6-2-4-8-19(17)20/h1-10,13,20,23H,11-12,14H2,(H,28,33)(H,31,32). The number of carboxylic acid groups (broad SMARTS) is 1. The number of carboxylic acids is 1. The van der Waals surface area contributed by atoms with E-state index >= 15 is 0 Å². The lowest BCUT2D eigenvalue weighted by molar-refractivity contribution is -0.146. The lowest BCUT2D eigenvalue weighted by Crippen LogP contribution is -2.55. The van der Waals surface area contributed by atoms with Gasteiger partial charge in [0.25, 0.3) is 5.91 Å². The molecule has 5 rings (SSSR count). The van der Waals surface area contributed by atoms with Gasteiger partial charge in [0.15, 0.2) is 0 Å². The van der Waals surface area contributed by atoms with Crippen molar-refractivity contribution in [1.29, 1.82) is 0 Å². The molecule has 1 heterocycles. The molecule has 1 saturated heterocycles. The van der Waals surface area contributed by atoms with Crippen molar-refractivity contribution < 1.29 is 24.2 Å². The second-order valence-corrected chi connectivity index (χ2v) is 9.14. The van der Waals surface area contributed by atoms with Gasteiger partial charge in [0.1, 0.15) is 12.6 Å². The molecule has 0 aromatic heterocycles. The van der Waals surface area contributed by atoms with Crippen molar-refractivity contribution in [3.63, 3.8) is 0 Å². The van der Waals surface area contributed by atoms with E-state index in [9.17, 15) is 19.5 Å². The van der Waals surface area contributed by atoms with Crippen LogP contribution in [0.15, 0.2) is 71.2 Å². The van der Waals surface area contributed by atoms with Gasteiger partial charge in [-0.2, -0.15) is 0 Å². The molecule has 0 saturated carbocycles. The molecule has 0 spiro atoms. The maximum atomic E-state index is 12.6. The van der Waals surface area contributed by atoms with E-state index in [4.69, 9.17) is 4.74 Å². The van der Waals surface area contributed by atoms with E-state index in [0.717, 1.165) is 22.3 Å². The number of carbonyl (C=O) groups is 3. The second-order valence-electron chi connectivity index (χ2n) is 8.29. The molecule has 8 heteroatoms. The monoisotopic (exact) mass is 520 g/mol. The van der Waals surface area contributed by atoms with E-state index in [1.165, 1.54) is 4.90 Å². The zero-order chi connectivity index (χ0) is 23.8. The van der Waals surface area contributed by atoms with E-state index in [1.807, 2.05) is 24.3 Å². The summed E-state index contributed by atoms with van der Waals surface area (Å²) in [5.41, 5.74) is 5.37. The fourth-order valence-corrected chi connectivity index (χ4v) is 5.02. The summed E-state index contributed by atoms with van der Waals surface area (Å²) in [6.07, 6.45) is -0.153. The van der Waals surface area contributed by atoms with E-state index in [2.05, 4.69) is 45.5 Å². The minimum atomic E-state index is -1.01. The number of amides is 2. The number of anilines is 1. The molecule has 0 bridgehead atoms. The highest BCUT2D eigenvalue weighted by Gasteiger charge is 2.38. The number of benzene rings is 3. The summed E-state index contributed by atoms with van der Waals surface area (Å²) in [6.45, 7) is 0.604. The lowest BCUT2D eigenvalue weighted by Gasteiger charge is -2.38. The smallest absolute Gasteiger partial charge is 0.411 e. The van der Waals surface area contributed by atoms with Crippen LogP contribution in [0, 0.1) is 0 Å². The fourth-order valence-electron chi connectivity index (χ4n) is 4.55. The van der Waals surface area contributed by atoms with Crippen LogP contribution in [0.2, 0.25) is 0 Å². The van der Waals surface area contributed by atoms with Crippen LogP contribution in [-0.4, -0.2) is 47.2 Å². The van der Waals surface area contributed by atoms with Gasteiger partial charge in [-0.25, -0.2) is 9.59 Å². The summed E-state index contributed by atoms with van der Waals surface area (Å²) in [5, 5.41) is 11.9. The molecule has 2 aliphatic rings. The van der Waals surface area contributed by atoms with Crippen molar-refractivity contribution in [2.45, 2.75) is 18.4 Å². The maximum absolute atomic E-state index is 12.6. The first kappa shape index (κ1) is 22.2. The average molecular weight is 521 g/mol. The van der Waals surface area contributed by atoms with E-state index < -0.39 is 18.1 Å². The first-order chi connectivity index (χ1) is 16.4. The van der Waals surface area contributed by atoms with Gasteiger partial charge < -0.3 is 14.7 Å². The Hall–Kier alpha value is -3.65. The summed E-state index contributed by atoms with van der Waals surface area (Å²) < 4.78 is 6.07. The predicted molar refractivity (Wildman–Crippen MR) is 130 cm³/mol. The van der Waals surface area contributed by atoms with Gasteiger partial charge in [0.2, 0.25) is 0 Å². The summed E-state index contributed by atoms with van der Waals surface area (Å²) in [5.74, 6) is -1.40. The Balaban J connectivity index is 1.24. The van der Waals surface area contributed by atoms with E-state index in [1.54, 1.807) is 18.2 Å². The Labute approximate surface area is 204 Å². The topological polar surface area (TPSA) is 95.9 Å². The third-order valence-electron chi connectivity index (χ3n) is 6.36. The lowest BCUT2D eigenvalue weighted by atomic mass is 9.98. The number of hydrogen-bond donors (Lipinski definition) is 2. The zero-order valence-electron chi connectivity index (χ0n) is 18.0. The number of nitrogens with one attached hydrogen (secondary N) is 1. The second kappa shape index (κ2) is 8.95. The van der Waals surface area contributed by atoms with Crippen molar-refractivity contribution in [2.24, 2.45) is 0 Å². The molecule has 1 unspecified atom stereocenters. The number of aliphatic carboxylic acids is 1. The van der Waals surface area contributed by atoms with Crippen molar-refractivity contribution in [1.82, 2.24) is 4.90 Å². The predicted octanol–water partition coefficient (Wildman–Crippen LogP) is 5.11. The van der Waals surface area contributed by atoms with E-state index in [-0.39, 0.29) is 18.4 Å². The molecule has 0 radical (unpaired) electrons. The van der Waals surface area contributed by atoms with Crippen LogP contribution in [0.5, 0.6) is 0 Å². The third-order valence-corrected chi connectivity index (χ3v) is 7.02. The fraction of sp³-hybridized carbons (Fsp3) is 0.192. The highest BCUT2D eigenvalue weighted by molar-refractivity contribution is 9.10. The highest BCUT2D eigenvalue weighted by Crippen LogP contribution is 2.44. The number of fused-ring (bicyclic) bond motifs is 3. The van der Waals surface area contributed by atoms with E-state index in [0.29, 0.717) is 28.7 Å². The molecule has 1 aliphatic carbocycles. The van der Waals surface area contributed by atoms with Crippen molar-refractivity contribution in [3.8, 4) is 11.1 Å². The number of likely N-dealkylation sites (tertiary alicyclic amines) is 1. The van der Waals surface area contributed by atoms with Gasteiger partial charge in [-0.1, -0.05) is 48.5 Å². The third kappa shape index (κ3) is 3.94. The summed E-state index contributed by atoms with van der Waals surface area (Å²) >= 11 is 3.38. The maximum Gasteiger partial charge on any atom is 0.411 e. The molecule has 2 N–H and O–H groups in total. The van der Waals surface area contributed by atoms with Crippen LogP contribution < -0.4 is 5.32 Å². The van der Waals surface area contributed by atoms with Crippen molar-refractivity contribution in [3.05, 3.63) is 87.9 Å². The Kier molecular flexibility index (Phi) is 5.83. The van der Waals surface area contributed by atoms with Crippen LogP contribution in [-0.2, 0) is 9.53 Å². The molecule has 1 atom stereocenters. The number of nitrogens with zero attached hydrogens (tertiary/aromatic N) is 1. The molecule has 1 fully saturated rings. The SMILES string of the molecule is O=C(Nc1ccc(C(=O)N2CCC2C(=O)O)cc1Br)OCC1c2ccccc2-c2ccccc21. The molecule has 34 heavy (non-hydrogen) atoms. The van der Waals surface area contributed by atoms with Gasteiger partial charge in [-0.05, 0) is 62.8 Å². The first-order valence-corrected chi connectivity index (χ1v) is 11.7. The molecule has 172 valence electrons. The minimum Gasteiger partial charge on any atom is -0.480 e. The van der Waals surface area contributed by atoms with Gasteiger partial charge >= 0.3 is 12.1 Å². The minimum absolute atomic E-state index is 0.0414. The largest absolute Gasteiger partial charge is 0.480 e. The average Bonchev–Trinajstić information content (AvgIpc) is 3.11. The molecule has 7 nitrogen and oxygen atoms in total. The zero-order valence-corrected chi connectivity index (χ0v) is 19.6. The molecule has 1 aliphatic heterocycles. The number of carbonyl (C=O) groups excluding carboxylic acids is 2. The Bertz CT molecular complexity index is 1260. The Morgan fingerprint density at radius 1 is 1.00 bits per heavy atom. The van der Waals surface area contributed by atoms with Crippen molar-refractivity contribution >= 4 is 39.6 Å². The number of halogens is 1. The molecule has 3 aromatic rings. The molecular formula is C26H21BrN2O5. The summed E-state index contributed by atoms with van der Waals surface area (Å²) in [4.78, 5) is 37.7. The number of ether oxygens (including phenoxy) is 1. The van der Waals surface area contributed by atoms with Crippen LogP contribution in [0.4, 0.5) is 10.5 Å². The summed E-state index contributed by atoms with van der Waals surface area (Å²) in [7, 11) is 0. The highest BCUT2D eigenvalue weighted by atomic mass is 79.9. The Morgan fingerprint density at radius 2 is 1.65 bits per heavy atom. The van der Waals surface area contributed by atoms with Gasteiger partial charge in [-0.3, -0.25) is 10.1 Å². The van der Waals surface area contributed by atoms with Crippen LogP contribution in [0.25, 0.3) is 11.1 Å². The van der Waals surface area contributed by atoms with Gasteiger partial charge in [0, 0.05) is 22.5 Å². The van der Waals surface area contributed by atoms with Crippen LogP contribution in [0.1, 0.15) is 33.8 Å². The number of rotatable bonds is 5. The van der Waals surface area contributed by atoms with Crippen molar-refractivity contribution in [2.75, 3.05) is 18.5 Å². The molecule has 2 amide bonds. The van der Waals surface area contributed by atoms with Crippen LogP contribution >= 0.6 is 15.9 Å². The number of hydrogen-bond acceptors (Lipinski definition) is 4. The molecular weight excluding hydrogens is 500 g/mol. The molecule has 3 aromatic carbocycles. The van der Waals surface area contributed by atoms with Crippen LogP contribution in [0.3, 0.4) is 0 Å². The Morgan fingerprint density at radius 3 is 2.21 bits per heavy atom. The van der Waals surface area contributed by atoms with Gasteiger partial charge in [0.05, 0.1) is 5.69 Å².